The SMILES string of the molecule is O=C(O)[C@H]1CC[C@H](Oc2ccc(-c3ccc(-c4nc(C(F)(F)F)c[nH]4)cn3)cc2)CC1. The van der Waals surface area contributed by atoms with Gasteiger partial charge in [0.15, 0.2) is 5.69 Å². The smallest absolute Gasteiger partial charge is 0.434 e. The summed E-state index contributed by atoms with van der Waals surface area (Å²) >= 11 is 0. The maximum atomic E-state index is 12.7. The number of rotatable bonds is 5. The minimum atomic E-state index is -4.50. The molecule has 2 N–H and O–H groups in total. The van der Waals surface area contributed by atoms with E-state index >= 15 is 0 Å². The van der Waals surface area contributed by atoms with Gasteiger partial charge >= 0.3 is 12.1 Å². The van der Waals surface area contributed by atoms with Crippen LogP contribution in [0, 0.1) is 5.92 Å². The average Bonchev–Trinajstić information content (AvgIpc) is 3.26. The molecule has 0 aliphatic heterocycles. The average molecular weight is 431 g/mol. The first-order valence-electron chi connectivity index (χ1n) is 9.88. The van der Waals surface area contributed by atoms with Crippen LogP contribution in [0.5, 0.6) is 5.75 Å². The van der Waals surface area contributed by atoms with Gasteiger partial charge in [0.25, 0.3) is 0 Å². The molecule has 9 heteroatoms. The molecule has 4 rings (SSSR count). The second kappa shape index (κ2) is 8.41. The number of carbonyl (C=O) groups is 1. The number of ether oxygens (including phenoxy) is 1. The Morgan fingerprint density at radius 3 is 2.26 bits per heavy atom. The summed E-state index contributed by atoms with van der Waals surface area (Å²) in [5.74, 6) is -0.214. The molecule has 0 unspecified atom stereocenters. The molecule has 1 aliphatic rings. The minimum Gasteiger partial charge on any atom is -0.490 e. The summed E-state index contributed by atoms with van der Waals surface area (Å²) in [6, 6.07) is 10.7. The van der Waals surface area contributed by atoms with E-state index in [1.807, 2.05) is 24.3 Å². The van der Waals surface area contributed by atoms with Gasteiger partial charge in [0.2, 0.25) is 0 Å². The van der Waals surface area contributed by atoms with Crippen LogP contribution in [0.3, 0.4) is 0 Å². The standard InChI is InChI=1S/C22H20F3N3O3/c23-22(24,25)19-12-27-20(28-19)15-5-10-18(26-11-15)13-1-6-16(7-2-13)31-17-8-3-14(4-9-17)21(29)30/h1-2,5-7,10-12,14,17H,3-4,8-9H2,(H,27,28)(H,29,30)/t14-,17-. The fourth-order valence-electron chi connectivity index (χ4n) is 3.64. The number of carboxylic acid groups (broad SMARTS) is 1. The Hall–Kier alpha value is -3.36. The number of nitrogens with one attached hydrogen (secondary N) is 1. The number of aliphatic carboxylic acids is 1. The zero-order chi connectivity index (χ0) is 22.0. The third kappa shape index (κ3) is 4.87. The minimum absolute atomic E-state index is 0.00810. The van der Waals surface area contributed by atoms with Crippen molar-refractivity contribution >= 4 is 5.97 Å². The van der Waals surface area contributed by atoms with Crippen molar-refractivity contribution in [3.63, 3.8) is 0 Å². The summed E-state index contributed by atoms with van der Waals surface area (Å²) in [6.45, 7) is 0. The molecule has 3 aromatic rings. The van der Waals surface area contributed by atoms with Crippen molar-refractivity contribution in [2.45, 2.75) is 38.0 Å². The molecule has 1 aromatic carbocycles. The fraction of sp³-hybridized carbons (Fsp3) is 0.318. The molecule has 0 saturated heterocycles. The third-order valence-electron chi connectivity index (χ3n) is 5.38. The van der Waals surface area contributed by atoms with Crippen molar-refractivity contribution in [3.05, 3.63) is 54.5 Å². The number of imidazole rings is 1. The number of carboxylic acids is 1. The van der Waals surface area contributed by atoms with Crippen LogP contribution in [0.15, 0.2) is 48.8 Å². The number of aromatic nitrogens is 3. The molecular weight excluding hydrogens is 411 g/mol. The quantitative estimate of drug-likeness (QED) is 0.581. The number of halogens is 3. The second-order valence-electron chi connectivity index (χ2n) is 7.52. The van der Waals surface area contributed by atoms with Gasteiger partial charge in [0.1, 0.15) is 11.6 Å². The Morgan fingerprint density at radius 2 is 1.71 bits per heavy atom. The van der Waals surface area contributed by atoms with Gasteiger partial charge in [-0.25, -0.2) is 4.98 Å². The van der Waals surface area contributed by atoms with Crippen molar-refractivity contribution < 1.29 is 27.8 Å². The van der Waals surface area contributed by atoms with E-state index in [9.17, 15) is 18.0 Å². The molecule has 0 atom stereocenters. The predicted octanol–water partition coefficient (Wildman–Crippen LogP) is 5.18. The van der Waals surface area contributed by atoms with Crippen molar-refractivity contribution in [2.75, 3.05) is 0 Å². The highest BCUT2D eigenvalue weighted by Crippen LogP contribution is 2.31. The molecule has 0 radical (unpaired) electrons. The van der Waals surface area contributed by atoms with Crippen LogP contribution < -0.4 is 4.74 Å². The lowest BCUT2D eigenvalue weighted by molar-refractivity contribution is -0.143. The number of benzene rings is 1. The summed E-state index contributed by atoms with van der Waals surface area (Å²) in [5, 5.41) is 9.07. The number of hydrogen-bond acceptors (Lipinski definition) is 4. The highest BCUT2D eigenvalue weighted by molar-refractivity contribution is 5.70. The van der Waals surface area contributed by atoms with E-state index in [2.05, 4.69) is 15.0 Å². The van der Waals surface area contributed by atoms with E-state index in [1.54, 1.807) is 12.1 Å². The first-order valence-corrected chi connectivity index (χ1v) is 9.88. The van der Waals surface area contributed by atoms with Crippen molar-refractivity contribution in [3.8, 4) is 28.4 Å². The van der Waals surface area contributed by atoms with Crippen LogP contribution in [0.2, 0.25) is 0 Å². The lowest BCUT2D eigenvalue weighted by atomic mass is 9.87. The molecule has 6 nitrogen and oxygen atoms in total. The molecule has 1 saturated carbocycles. The summed E-state index contributed by atoms with van der Waals surface area (Å²) in [6.07, 6.45) is 0.476. The molecule has 2 heterocycles. The van der Waals surface area contributed by atoms with E-state index < -0.39 is 17.8 Å². The number of H-pyrrole nitrogens is 1. The Bertz CT molecular complexity index is 1040. The normalized spacial score (nSPS) is 19.2. The summed E-state index contributed by atoms with van der Waals surface area (Å²) in [5.41, 5.74) is 0.985. The largest absolute Gasteiger partial charge is 0.490 e. The fourth-order valence-corrected chi connectivity index (χ4v) is 3.64. The maximum absolute atomic E-state index is 12.7. The lowest BCUT2D eigenvalue weighted by Crippen LogP contribution is -2.27. The van der Waals surface area contributed by atoms with Gasteiger partial charge < -0.3 is 14.8 Å². The number of alkyl halides is 3. The van der Waals surface area contributed by atoms with E-state index in [4.69, 9.17) is 9.84 Å². The molecule has 2 aromatic heterocycles. The first-order chi connectivity index (χ1) is 14.8. The van der Waals surface area contributed by atoms with Gasteiger partial charge in [-0.2, -0.15) is 13.2 Å². The van der Waals surface area contributed by atoms with Crippen LogP contribution in [0.1, 0.15) is 31.4 Å². The first kappa shape index (κ1) is 20.9. The van der Waals surface area contributed by atoms with Gasteiger partial charge in [-0.1, -0.05) is 0 Å². The van der Waals surface area contributed by atoms with Crippen LogP contribution in [-0.4, -0.2) is 32.1 Å². The summed E-state index contributed by atoms with van der Waals surface area (Å²) < 4.78 is 44.1. The number of nitrogens with zero attached hydrogens (tertiary/aromatic N) is 2. The van der Waals surface area contributed by atoms with Crippen molar-refractivity contribution in [1.82, 2.24) is 15.0 Å². The molecule has 0 amide bonds. The molecular formula is C22H20F3N3O3. The number of hydrogen-bond donors (Lipinski definition) is 2. The second-order valence-corrected chi connectivity index (χ2v) is 7.52. The van der Waals surface area contributed by atoms with Gasteiger partial charge in [0.05, 0.1) is 17.7 Å². The lowest BCUT2D eigenvalue weighted by Gasteiger charge is -2.26. The number of pyridine rings is 1. The van der Waals surface area contributed by atoms with Gasteiger partial charge in [-0.05, 0) is 62.1 Å². The zero-order valence-corrected chi connectivity index (χ0v) is 16.4. The monoisotopic (exact) mass is 431 g/mol. The van der Waals surface area contributed by atoms with E-state index in [0.29, 0.717) is 42.7 Å². The Balaban J connectivity index is 1.39. The van der Waals surface area contributed by atoms with Crippen molar-refractivity contribution in [1.29, 1.82) is 0 Å². The van der Waals surface area contributed by atoms with Crippen LogP contribution in [0.4, 0.5) is 13.2 Å². The van der Waals surface area contributed by atoms with Crippen LogP contribution in [-0.2, 0) is 11.0 Å². The van der Waals surface area contributed by atoms with Crippen LogP contribution >= 0.6 is 0 Å². The van der Waals surface area contributed by atoms with Gasteiger partial charge in [-0.3, -0.25) is 9.78 Å². The third-order valence-corrected chi connectivity index (χ3v) is 5.38. The summed E-state index contributed by atoms with van der Waals surface area (Å²) in [7, 11) is 0. The van der Waals surface area contributed by atoms with E-state index in [1.165, 1.54) is 6.20 Å². The molecule has 162 valence electrons. The van der Waals surface area contributed by atoms with Crippen LogP contribution in [0.25, 0.3) is 22.6 Å². The highest BCUT2D eigenvalue weighted by atomic mass is 19.4. The van der Waals surface area contributed by atoms with Gasteiger partial charge in [0, 0.05) is 23.5 Å². The molecule has 0 spiro atoms. The Labute approximate surface area is 176 Å². The zero-order valence-electron chi connectivity index (χ0n) is 16.4. The Morgan fingerprint density at radius 1 is 1.03 bits per heavy atom. The van der Waals surface area contributed by atoms with Crippen molar-refractivity contribution in [2.24, 2.45) is 5.92 Å². The van der Waals surface area contributed by atoms with Gasteiger partial charge in [-0.15, -0.1) is 0 Å². The predicted molar refractivity (Wildman–Crippen MR) is 106 cm³/mol. The maximum Gasteiger partial charge on any atom is 0.434 e. The molecule has 31 heavy (non-hydrogen) atoms. The molecule has 0 bridgehead atoms. The summed E-state index contributed by atoms with van der Waals surface area (Å²) in [4.78, 5) is 21.5. The number of aromatic amines is 1. The Kier molecular flexibility index (Phi) is 5.67. The highest BCUT2D eigenvalue weighted by Gasteiger charge is 2.33. The molecule has 1 aliphatic carbocycles. The molecule has 1 fully saturated rings. The van der Waals surface area contributed by atoms with E-state index in [0.717, 1.165) is 11.8 Å². The van der Waals surface area contributed by atoms with E-state index in [-0.39, 0.29) is 17.8 Å². The topological polar surface area (TPSA) is 88.1 Å².